The number of hydrogen-bond acceptors (Lipinski definition) is 7. The van der Waals surface area contributed by atoms with Gasteiger partial charge in [0.05, 0.1) is 6.61 Å². The Labute approximate surface area is 173 Å². The zero-order valence-corrected chi connectivity index (χ0v) is 16.4. The second-order valence-corrected chi connectivity index (χ2v) is 7.15. The van der Waals surface area contributed by atoms with Crippen LogP contribution in [0.4, 0.5) is 5.69 Å². The van der Waals surface area contributed by atoms with Crippen LogP contribution in [0, 0.1) is 0 Å². The first-order valence-corrected chi connectivity index (χ1v) is 9.75. The number of hydrogen-bond donors (Lipinski definition) is 1. The van der Waals surface area contributed by atoms with Crippen molar-refractivity contribution < 1.29 is 28.4 Å². The zero-order valence-electron chi connectivity index (χ0n) is 15.6. The minimum Gasteiger partial charge on any atom is -0.491 e. The van der Waals surface area contributed by atoms with Gasteiger partial charge in [-0.15, -0.1) is 0 Å². The van der Waals surface area contributed by atoms with Gasteiger partial charge < -0.3 is 38.6 Å². The highest BCUT2D eigenvalue weighted by atomic mass is 32.1. The molecule has 0 bridgehead atoms. The van der Waals surface area contributed by atoms with Crippen LogP contribution >= 0.6 is 12.2 Å². The van der Waals surface area contributed by atoms with E-state index >= 15 is 0 Å². The van der Waals surface area contributed by atoms with Crippen LogP contribution in [0.3, 0.4) is 0 Å². The van der Waals surface area contributed by atoms with Crippen molar-refractivity contribution >= 4 is 23.0 Å². The lowest BCUT2D eigenvalue weighted by Gasteiger charge is -2.34. The molecule has 9 heteroatoms. The van der Waals surface area contributed by atoms with Crippen LogP contribution in [0.25, 0.3) is 0 Å². The number of anilines is 1. The molecule has 3 aliphatic rings. The molecule has 0 aromatic heterocycles. The third kappa shape index (κ3) is 3.96. The molecule has 5 rings (SSSR count). The summed E-state index contributed by atoms with van der Waals surface area (Å²) >= 11 is 5.58. The van der Waals surface area contributed by atoms with Crippen LogP contribution in [0.5, 0.6) is 28.7 Å². The van der Waals surface area contributed by atoms with Crippen molar-refractivity contribution in [1.29, 1.82) is 0 Å². The summed E-state index contributed by atoms with van der Waals surface area (Å²) in [6.07, 6.45) is -0.0920. The molecule has 0 spiro atoms. The Hall–Kier alpha value is -2.91. The molecule has 1 N–H and O–H groups in total. The molecule has 152 valence electrons. The average Bonchev–Trinajstić information content (AvgIpc) is 3.41. The maximum absolute atomic E-state index is 5.89. The van der Waals surface area contributed by atoms with Crippen LogP contribution < -0.4 is 29.0 Å². The van der Waals surface area contributed by atoms with Gasteiger partial charge in [0, 0.05) is 30.9 Å². The Bertz CT molecular complexity index is 924. The highest BCUT2D eigenvalue weighted by Crippen LogP contribution is 2.35. The maximum atomic E-state index is 5.89. The van der Waals surface area contributed by atoms with E-state index in [1.54, 1.807) is 0 Å². The van der Waals surface area contributed by atoms with E-state index in [0.29, 0.717) is 30.6 Å². The lowest BCUT2D eigenvalue weighted by atomic mass is 10.2. The van der Waals surface area contributed by atoms with Crippen molar-refractivity contribution in [3.63, 3.8) is 0 Å². The van der Waals surface area contributed by atoms with Crippen LogP contribution in [0.2, 0.25) is 0 Å². The van der Waals surface area contributed by atoms with E-state index in [0.717, 1.165) is 35.2 Å². The molecule has 0 saturated carbocycles. The first-order chi connectivity index (χ1) is 14.2. The first kappa shape index (κ1) is 18.1. The quantitative estimate of drug-likeness (QED) is 0.758. The Kier molecular flexibility index (Phi) is 4.91. The van der Waals surface area contributed by atoms with Crippen molar-refractivity contribution in [3.05, 3.63) is 36.4 Å². The van der Waals surface area contributed by atoms with E-state index in [-0.39, 0.29) is 19.7 Å². The van der Waals surface area contributed by atoms with Crippen molar-refractivity contribution in [3.8, 4) is 28.7 Å². The number of nitrogens with zero attached hydrogens (tertiary/aromatic N) is 1. The molecule has 8 nitrogen and oxygen atoms in total. The van der Waals surface area contributed by atoms with Crippen molar-refractivity contribution in [1.82, 2.24) is 4.90 Å². The van der Waals surface area contributed by atoms with Gasteiger partial charge in [-0.2, -0.15) is 0 Å². The van der Waals surface area contributed by atoms with E-state index < -0.39 is 0 Å². The van der Waals surface area contributed by atoms with E-state index in [4.69, 9.17) is 40.6 Å². The molecular formula is C20H20N2O6S. The van der Waals surface area contributed by atoms with Crippen LogP contribution in [-0.2, 0) is 4.74 Å². The lowest BCUT2D eigenvalue weighted by molar-refractivity contribution is -0.0280. The molecule has 1 fully saturated rings. The first-order valence-electron chi connectivity index (χ1n) is 9.34. The van der Waals surface area contributed by atoms with E-state index in [2.05, 4.69) is 10.2 Å². The molecule has 0 radical (unpaired) electrons. The Morgan fingerprint density at radius 1 is 1.00 bits per heavy atom. The molecule has 1 atom stereocenters. The highest BCUT2D eigenvalue weighted by molar-refractivity contribution is 7.80. The fraction of sp³-hybridized carbons (Fsp3) is 0.350. The number of benzene rings is 2. The van der Waals surface area contributed by atoms with Gasteiger partial charge in [-0.3, -0.25) is 0 Å². The van der Waals surface area contributed by atoms with E-state index in [1.807, 2.05) is 36.4 Å². The van der Waals surface area contributed by atoms with Gasteiger partial charge in [0.1, 0.15) is 18.5 Å². The van der Waals surface area contributed by atoms with Gasteiger partial charge in [-0.1, -0.05) is 0 Å². The molecule has 0 aliphatic carbocycles. The van der Waals surface area contributed by atoms with Gasteiger partial charge in [0.25, 0.3) is 0 Å². The third-order valence-electron chi connectivity index (χ3n) is 4.83. The lowest BCUT2D eigenvalue weighted by Crippen LogP contribution is -2.49. The molecular weight excluding hydrogens is 396 g/mol. The van der Waals surface area contributed by atoms with E-state index in [1.165, 1.54) is 0 Å². The Balaban J connectivity index is 1.15. The molecule has 29 heavy (non-hydrogen) atoms. The monoisotopic (exact) mass is 416 g/mol. The van der Waals surface area contributed by atoms with Crippen molar-refractivity contribution in [2.75, 3.05) is 45.2 Å². The molecule has 0 amide bonds. The number of rotatable bonds is 4. The summed E-state index contributed by atoms with van der Waals surface area (Å²) in [6, 6.07) is 11.2. The standard InChI is InChI=1S/C20H20N2O6S/c29-20(21-13-1-3-16-18(7-13)27-11-25-16)22-5-6-23-15(9-22)10-24-14-2-4-17-19(8-14)28-12-26-17/h1-4,7-8,15H,5-6,9-12H2,(H,21,29). The molecule has 3 aliphatic heterocycles. The smallest absolute Gasteiger partial charge is 0.231 e. The van der Waals surface area contributed by atoms with E-state index in [9.17, 15) is 0 Å². The Morgan fingerprint density at radius 3 is 2.55 bits per heavy atom. The second-order valence-electron chi connectivity index (χ2n) is 6.76. The van der Waals surface area contributed by atoms with Crippen LogP contribution in [0.15, 0.2) is 36.4 Å². The van der Waals surface area contributed by atoms with Gasteiger partial charge >= 0.3 is 0 Å². The fourth-order valence-electron chi connectivity index (χ4n) is 3.34. The van der Waals surface area contributed by atoms with Gasteiger partial charge in [-0.25, -0.2) is 0 Å². The minimum atomic E-state index is -0.0920. The summed E-state index contributed by atoms with van der Waals surface area (Å²) in [5, 5.41) is 3.90. The molecule has 2 aromatic carbocycles. The molecule has 3 heterocycles. The summed E-state index contributed by atoms with van der Waals surface area (Å²) in [5.74, 6) is 3.61. The molecule has 1 unspecified atom stereocenters. The van der Waals surface area contributed by atoms with Crippen LogP contribution in [-0.4, -0.2) is 56.0 Å². The summed E-state index contributed by atoms with van der Waals surface area (Å²) in [5.41, 5.74) is 0.860. The predicted octanol–water partition coefficient (Wildman–Crippen LogP) is 2.62. The number of ether oxygens (including phenoxy) is 6. The maximum Gasteiger partial charge on any atom is 0.231 e. The predicted molar refractivity (Wildman–Crippen MR) is 108 cm³/mol. The van der Waals surface area contributed by atoms with Crippen molar-refractivity contribution in [2.24, 2.45) is 0 Å². The summed E-state index contributed by atoms with van der Waals surface area (Å²) in [7, 11) is 0. The normalized spacial score (nSPS) is 19.2. The number of morpholine rings is 1. The number of nitrogens with one attached hydrogen (secondary N) is 1. The summed E-state index contributed by atoms with van der Waals surface area (Å²) < 4.78 is 33.2. The average molecular weight is 416 g/mol. The van der Waals surface area contributed by atoms with Crippen molar-refractivity contribution in [2.45, 2.75) is 6.10 Å². The van der Waals surface area contributed by atoms with Gasteiger partial charge in [0.15, 0.2) is 28.1 Å². The minimum absolute atomic E-state index is 0.0920. The van der Waals surface area contributed by atoms with Gasteiger partial charge in [-0.05, 0) is 36.5 Å². The zero-order chi connectivity index (χ0) is 19.6. The third-order valence-corrected chi connectivity index (χ3v) is 5.19. The molecule has 2 aromatic rings. The summed E-state index contributed by atoms with van der Waals surface area (Å²) in [4.78, 5) is 2.08. The Morgan fingerprint density at radius 2 is 1.72 bits per heavy atom. The SMILES string of the molecule is S=C(Nc1ccc2c(c1)OCO2)N1CCOC(COc2ccc3c(c2)OCO3)C1. The largest absolute Gasteiger partial charge is 0.491 e. The fourth-order valence-corrected chi connectivity index (χ4v) is 3.62. The summed E-state index contributed by atoms with van der Waals surface area (Å²) in [6.45, 7) is 2.85. The number of fused-ring (bicyclic) bond motifs is 2. The second kappa shape index (κ2) is 7.84. The molecule has 1 saturated heterocycles. The highest BCUT2D eigenvalue weighted by Gasteiger charge is 2.24. The topological polar surface area (TPSA) is 70.7 Å². The van der Waals surface area contributed by atoms with Crippen LogP contribution in [0.1, 0.15) is 0 Å². The number of thiocarbonyl (C=S) groups is 1. The van der Waals surface area contributed by atoms with Gasteiger partial charge in [0.2, 0.25) is 13.6 Å².